The molecule has 0 spiro atoms. The summed E-state index contributed by atoms with van der Waals surface area (Å²) in [5.74, 6) is 2.55. The van der Waals surface area contributed by atoms with Gasteiger partial charge in [-0.15, -0.1) is 12.3 Å². The number of unbranched alkanes of at least 4 members (excludes halogenated alkanes) is 3. The van der Waals surface area contributed by atoms with Crippen molar-refractivity contribution in [2.45, 2.75) is 45.4 Å². The van der Waals surface area contributed by atoms with Gasteiger partial charge in [0.2, 0.25) is 0 Å². The van der Waals surface area contributed by atoms with Crippen molar-refractivity contribution in [1.82, 2.24) is 0 Å². The summed E-state index contributed by atoms with van der Waals surface area (Å²) in [6, 6.07) is 0. The summed E-state index contributed by atoms with van der Waals surface area (Å²) < 4.78 is 0. The molecule has 1 heteroatoms. The maximum absolute atomic E-state index is 10.6. The number of allylic oxidation sites excluding steroid dienone is 2. The van der Waals surface area contributed by atoms with Crippen molar-refractivity contribution in [3.8, 4) is 12.3 Å². The van der Waals surface area contributed by atoms with Crippen LogP contribution in [0, 0.1) is 12.3 Å². The molecule has 0 aliphatic carbocycles. The molecule has 0 aliphatic heterocycles. The molecule has 0 fully saturated rings. The summed E-state index contributed by atoms with van der Waals surface area (Å²) >= 11 is 0. The molecule has 0 aliphatic rings. The van der Waals surface area contributed by atoms with E-state index in [9.17, 15) is 4.79 Å². The van der Waals surface area contributed by atoms with E-state index in [4.69, 9.17) is 6.42 Å². The number of terminal acetylenes is 1. The average molecular weight is 178 g/mol. The van der Waals surface area contributed by atoms with Crippen molar-refractivity contribution >= 4 is 6.29 Å². The normalized spacial score (nSPS) is 10.9. The second-order valence-electron chi connectivity index (χ2n) is 3.10. The van der Waals surface area contributed by atoms with Crippen molar-refractivity contribution in [2.75, 3.05) is 0 Å². The van der Waals surface area contributed by atoms with E-state index >= 15 is 0 Å². The molecule has 0 saturated carbocycles. The topological polar surface area (TPSA) is 17.1 Å². The second kappa shape index (κ2) is 9.06. The molecule has 0 aromatic rings. The van der Waals surface area contributed by atoms with Crippen molar-refractivity contribution in [3.63, 3.8) is 0 Å². The first-order valence-electron chi connectivity index (χ1n) is 4.92. The quantitative estimate of drug-likeness (QED) is 0.253. The zero-order valence-corrected chi connectivity index (χ0v) is 8.38. The number of hydrogen-bond donors (Lipinski definition) is 0. The van der Waals surface area contributed by atoms with Crippen molar-refractivity contribution in [1.29, 1.82) is 0 Å². The fourth-order valence-electron chi connectivity index (χ4n) is 1.13. The van der Waals surface area contributed by atoms with Gasteiger partial charge < -0.3 is 0 Å². The van der Waals surface area contributed by atoms with Gasteiger partial charge in [-0.2, -0.15) is 0 Å². The van der Waals surface area contributed by atoms with Gasteiger partial charge >= 0.3 is 0 Å². The number of carbonyl (C=O) groups excluding carboxylic acids is 1. The molecule has 1 nitrogen and oxygen atoms in total. The van der Waals surface area contributed by atoms with Gasteiger partial charge in [0, 0.05) is 6.42 Å². The van der Waals surface area contributed by atoms with Gasteiger partial charge in [-0.05, 0) is 24.8 Å². The Bertz CT molecular complexity index is 196. The van der Waals surface area contributed by atoms with Gasteiger partial charge in [-0.25, -0.2) is 0 Å². The third-order valence-electron chi connectivity index (χ3n) is 1.92. The van der Waals surface area contributed by atoms with Gasteiger partial charge in [0.1, 0.15) is 6.29 Å². The maximum Gasteiger partial charge on any atom is 0.145 e. The Morgan fingerprint density at radius 2 is 2.23 bits per heavy atom. The van der Waals surface area contributed by atoms with Gasteiger partial charge in [0.25, 0.3) is 0 Å². The fourth-order valence-corrected chi connectivity index (χ4v) is 1.13. The van der Waals surface area contributed by atoms with Crippen LogP contribution in [0.2, 0.25) is 0 Å². The molecule has 0 amide bonds. The Morgan fingerprint density at radius 1 is 1.46 bits per heavy atom. The van der Waals surface area contributed by atoms with Gasteiger partial charge in [-0.1, -0.05) is 25.8 Å². The van der Waals surface area contributed by atoms with Crippen LogP contribution in [0.1, 0.15) is 45.4 Å². The van der Waals surface area contributed by atoms with Crippen LogP contribution < -0.4 is 0 Å². The Kier molecular flexibility index (Phi) is 8.34. The molecule has 0 radical (unpaired) electrons. The third-order valence-corrected chi connectivity index (χ3v) is 1.92. The van der Waals surface area contributed by atoms with E-state index in [-0.39, 0.29) is 0 Å². The summed E-state index contributed by atoms with van der Waals surface area (Å²) in [7, 11) is 0. The number of aldehydes is 1. The summed E-state index contributed by atoms with van der Waals surface area (Å²) in [5.41, 5.74) is 0.906. The molecule has 0 saturated heterocycles. The van der Waals surface area contributed by atoms with Gasteiger partial charge in [0.15, 0.2) is 0 Å². The third kappa shape index (κ3) is 7.33. The van der Waals surface area contributed by atoms with Crippen LogP contribution in [0.4, 0.5) is 0 Å². The van der Waals surface area contributed by atoms with E-state index in [0.29, 0.717) is 0 Å². The maximum atomic E-state index is 10.6. The van der Waals surface area contributed by atoms with E-state index in [1.54, 1.807) is 0 Å². The minimum absolute atomic E-state index is 0.727. The molecular weight excluding hydrogens is 160 g/mol. The smallest absolute Gasteiger partial charge is 0.145 e. The predicted octanol–water partition coefficient (Wildman–Crippen LogP) is 3.11. The van der Waals surface area contributed by atoms with Crippen LogP contribution in [-0.4, -0.2) is 6.29 Å². The van der Waals surface area contributed by atoms with Crippen molar-refractivity contribution in [2.24, 2.45) is 0 Å². The van der Waals surface area contributed by atoms with Crippen molar-refractivity contribution in [3.05, 3.63) is 11.6 Å². The number of hydrogen-bond acceptors (Lipinski definition) is 1. The molecule has 0 unspecified atom stereocenters. The average Bonchev–Trinajstić information content (AvgIpc) is 2.16. The SMILES string of the molecule is C#CCC/C=C(\C=O)CCCCC. The van der Waals surface area contributed by atoms with Crippen LogP contribution in [0.15, 0.2) is 11.6 Å². The van der Waals surface area contributed by atoms with Crippen molar-refractivity contribution < 1.29 is 4.79 Å². The number of rotatable bonds is 7. The molecule has 0 aromatic carbocycles. The van der Waals surface area contributed by atoms with E-state index in [0.717, 1.165) is 37.5 Å². The Morgan fingerprint density at radius 3 is 2.77 bits per heavy atom. The minimum atomic E-state index is 0.727. The highest BCUT2D eigenvalue weighted by Crippen LogP contribution is 2.08. The zero-order valence-electron chi connectivity index (χ0n) is 8.38. The summed E-state index contributed by atoms with van der Waals surface area (Å²) in [6.07, 6.45) is 14.0. The Hall–Kier alpha value is -1.03. The highest BCUT2D eigenvalue weighted by Gasteiger charge is 1.94. The van der Waals surface area contributed by atoms with Gasteiger partial charge in [-0.3, -0.25) is 4.79 Å². The molecule has 0 heterocycles. The fraction of sp³-hybridized carbons (Fsp3) is 0.583. The molecule has 0 bridgehead atoms. The highest BCUT2D eigenvalue weighted by molar-refractivity contribution is 5.72. The van der Waals surface area contributed by atoms with Crippen LogP contribution in [0.25, 0.3) is 0 Å². The molecular formula is C12H18O. The lowest BCUT2D eigenvalue weighted by Gasteiger charge is -1.98. The van der Waals surface area contributed by atoms with Crippen LogP contribution in [0.3, 0.4) is 0 Å². The largest absolute Gasteiger partial charge is 0.298 e. The number of carbonyl (C=O) groups is 1. The van der Waals surface area contributed by atoms with Crippen LogP contribution >= 0.6 is 0 Å². The lowest BCUT2D eigenvalue weighted by Crippen LogP contribution is -1.86. The standard InChI is InChI=1S/C12H18O/c1-3-5-7-9-12(11-13)10-8-6-4-2/h1,9,11H,4-8,10H2,2H3/b12-9-. The highest BCUT2D eigenvalue weighted by atomic mass is 16.1. The molecule has 72 valence electrons. The van der Waals surface area contributed by atoms with Gasteiger partial charge in [0.05, 0.1) is 0 Å². The summed E-state index contributed by atoms with van der Waals surface area (Å²) in [5, 5.41) is 0. The first-order valence-corrected chi connectivity index (χ1v) is 4.92. The van der Waals surface area contributed by atoms with Crippen LogP contribution in [-0.2, 0) is 4.79 Å². The van der Waals surface area contributed by atoms with E-state index in [2.05, 4.69) is 12.8 Å². The zero-order chi connectivity index (χ0) is 9.94. The summed E-state index contributed by atoms with van der Waals surface area (Å²) in [6.45, 7) is 2.16. The lowest BCUT2D eigenvalue weighted by molar-refractivity contribution is -0.105. The first kappa shape index (κ1) is 12.0. The molecule has 0 aromatic heterocycles. The molecule has 0 atom stereocenters. The van der Waals surface area contributed by atoms with E-state index < -0.39 is 0 Å². The Labute approximate surface area is 81.2 Å². The molecule has 0 rings (SSSR count). The molecule has 0 N–H and O–H groups in total. The summed E-state index contributed by atoms with van der Waals surface area (Å²) in [4.78, 5) is 10.6. The lowest BCUT2D eigenvalue weighted by atomic mass is 10.1. The first-order chi connectivity index (χ1) is 6.35. The van der Waals surface area contributed by atoms with Crippen LogP contribution in [0.5, 0.6) is 0 Å². The Balaban J connectivity index is 3.68. The molecule has 13 heavy (non-hydrogen) atoms. The second-order valence-corrected chi connectivity index (χ2v) is 3.10. The van der Waals surface area contributed by atoms with E-state index in [1.165, 1.54) is 12.8 Å². The minimum Gasteiger partial charge on any atom is -0.298 e. The van der Waals surface area contributed by atoms with E-state index in [1.807, 2.05) is 6.08 Å². The predicted molar refractivity (Wildman–Crippen MR) is 56.4 cm³/mol. The monoisotopic (exact) mass is 178 g/mol.